The Morgan fingerprint density at radius 1 is 1.32 bits per heavy atom. The van der Waals surface area contributed by atoms with Gasteiger partial charge in [-0.15, -0.1) is 4.91 Å². The van der Waals surface area contributed by atoms with Gasteiger partial charge in [0.1, 0.15) is 0 Å². The molecule has 0 saturated carbocycles. The summed E-state index contributed by atoms with van der Waals surface area (Å²) in [6, 6.07) is 0. The van der Waals surface area contributed by atoms with E-state index in [1.165, 1.54) is 29.2 Å². The zero-order valence-corrected chi connectivity index (χ0v) is 16.2. The Morgan fingerprint density at radius 2 is 1.96 bits per heavy atom. The predicted molar refractivity (Wildman–Crippen MR) is 98.9 cm³/mol. The number of amides is 1. The lowest BCUT2D eigenvalue weighted by Crippen LogP contribution is -2.33. The number of carbonyl (C=O) groups excluding carboxylic acids is 1. The van der Waals surface area contributed by atoms with Crippen LogP contribution >= 0.6 is 11.3 Å². The van der Waals surface area contributed by atoms with Gasteiger partial charge in [0.15, 0.2) is 6.19 Å². The molecular weight excluding hydrogens is 340 g/mol. The molecule has 1 aromatic rings. The molecule has 1 saturated heterocycles. The van der Waals surface area contributed by atoms with Gasteiger partial charge in [-0.25, -0.2) is 9.99 Å². The predicted octanol–water partition coefficient (Wildman–Crippen LogP) is 2.75. The monoisotopic (exact) mass is 366 g/mol. The van der Waals surface area contributed by atoms with Crippen LogP contribution in [0.1, 0.15) is 44.2 Å². The minimum absolute atomic E-state index is 0.0717. The van der Waals surface area contributed by atoms with Gasteiger partial charge in [-0.3, -0.25) is 4.79 Å². The van der Waals surface area contributed by atoms with Crippen molar-refractivity contribution >= 4 is 22.4 Å². The molecule has 3 rings (SSSR count). The number of hydrogen-bond acceptors (Lipinski definition) is 7. The molecule has 8 nitrogen and oxygen atoms in total. The number of thiazole rings is 1. The van der Waals surface area contributed by atoms with Crippen molar-refractivity contribution < 1.29 is 4.79 Å². The van der Waals surface area contributed by atoms with E-state index in [9.17, 15) is 9.70 Å². The summed E-state index contributed by atoms with van der Waals surface area (Å²) in [4.78, 5) is 30.5. The van der Waals surface area contributed by atoms with E-state index < -0.39 is 0 Å². The topological polar surface area (TPSA) is 92.9 Å². The lowest BCUT2D eigenvalue weighted by Gasteiger charge is -2.24. The van der Waals surface area contributed by atoms with Gasteiger partial charge in [0.25, 0.3) is 0 Å². The number of fused-ring (bicyclic) bond motifs is 1. The van der Waals surface area contributed by atoms with Crippen LogP contribution in [0.25, 0.3) is 0 Å². The molecule has 9 heteroatoms. The molecule has 0 N–H and O–H groups in total. The molecule has 1 aromatic heterocycles. The van der Waals surface area contributed by atoms with Crippen LogP contribution < -0.4 is 5.01 Å². The summed E-state index contributed by atoms with van der Waals surface area (Å²) >= 11 is 1.42. The maximum absolute atomic E-state index is 11.2. The molecule has 0 atom stereocenters. The molecule has 0 unspecified atom stereocenters. The normalized spacial score (nSPS) is 15.0. The summed E-state index contributed by atoms with van der Waals surface area (Å²) in [5, 5.41) is 12.8. The van der Waals surface area contributed by atoms with Gasteiger partial charge in [-0.05, 0) is 12.8 Å². The largest absolute Gasteiger partial charge is 0.337 e. The average Bonchev–Trinajstić information content (AvgIpc) is 3.31. The summed E-state index contributed by atoms with van der Waals surface area (Å²) in [5.41, 5.74) is 0.980. The van der Waals surface area contributed by atoms with E-state index in [-0.39, 0.29) is 5.91 Å². The van der Waals surface area contributed by atoms with Crippen LogP contribution in [0.5, 0.6) is 0 Å². The minimum Gasteiger partial charge on any atom is -0.337 e. The van der Waals surface area contributed by atoms with Gasteiger partial charge < -0.3 is 9.80 Å². The van der Waals surface area contributed by atoms with E-state index in [1.54, 1.807) is 23.8 Å². The second-order valence-electron chi connectivity index (χ2n) is 5.46. The highest BCUT2D eigenvalue weighted by molar-refractivity contribution is 7.15. The number of nitriles is 1. The number of nitrogens with zero attached hydrogens (tertiary/aromatic N) is 6. The van der Waals surface area contributed by atoms with Crippen molar-refractivity contribution in [1.82, 2.24) is 14.8 Å². The lowest BCUT2D eigenvalue weighted by molar-refractivity contribution is -0.129. The first-order valence-corrected chi connectivity index (χ1v) is 9.32. The quantitative estimate of drug-likeness (QED) is 0.454. The molecule has 138 valence electrons. The van der Waals surface area contributed by atoms with Crippen molar-refractivity contribution in [2.75, 3.05) is 31.7 Å². The molecule has 0 aromatic carbocycles. The molecule has 2 aliphatic heterocycles. The molecule has 0 spiro atoms. The zero-order chi connectivity index (χ0) is 18.8. The molecule has 0 bridgehead atoms. The number of hydrogen-bond donors (Lipinski definition) is 0. The fourth-order valence-corrected chi connectivity index (χ4v) is 3.47. The highest BCUT2D eigenvalue weighted by atomic mass is 32.1. The van der Waals surface area contributed by atoms with Crippen LogP contribution in [-0.2, 0) is 17.8 Å². The van der Waals surface area contributed by atoms with Crippen LogP contribution in [-0.4, -0.2) is 47.4 Å². The van der Waals surface area contributed by atoms with Crippen molar-refractivity contribution in [3.63, 3.8) is 0 Å². The maximum Gasteiger partial charge on any atom is 0.219 e. The van der Waals surface area contributed by atoms with E-state index in [0.717, 1.165) is 30.1 Å². The number of aromatic nitrogens is 1. The number of carbonyl (C=O) groups is 1. The number of rotatable bonds is 2. The number of likely N-dealkylation sites (tertiary alicyclic amines) is 1. The third-order valence-electron chi connectivity index (χ3n) is 3.81. The highest BCUT2D eigenvalue weighted by Crippen LogP contribution is 2.30. The summed E-state index contributed by atoms with van der Waals surface area (Å²) in [5.74, 6) is 0.0717. The molecular formula is C16H26N6O2S. The fourth-order valence-electron chi connectivity index (χ4n) is 2.44. The molecule has 1 amide bonds. The first-order valence-electron chi connectivity index (χ1n) is 8.51. The van der Waals surface area contributed by atoms with Gasteiger partial charge >= 0.3 is 0 Å². The second kappa shape index (κ2) is 10.6. The van der Waals surface area contributed by atoms with Crippen LogP contribution in [0.2, 0.25) is 0 Å². The van der Waals surface area contributed by atoms with Gasteiger partial charge in [0, 0.05) is 44.9 Å². The van der Waals surface area contributed by atoms with Gasteiger partial charge in [-0.1, -0.05) is 25.2 Å². The maximum atomic E-state index is 11.2. The average molecular weight is 366 g/mol. The number of nitroso groups, excluding NO2 is 1. The van der Waals surface area contributed by atoms with E-state index in [0.29, 0.717) is 18.2 Å². The van der Waals surface area contributed by atoms with Crippen molar-refractivity contribution in [3.05, 3.63) is 15.5 Å². The van der Waals surface area contributed by atoms with E-state index in [1.807, 2.05) is 13.8 Å². The molecule has 25 heavy (non-hydrogen) atoms. The third-order valence-corrected chi connectivity index (χ3v) is 4.96. The summed E-state index contributed by atoms with van der Waals surface area (Å²) in [6.45, 7) is 8.82. The van der Waals surface area contributed by atoms with E-state index >= 15 is 0 Å². The Balaban J connectivity index is 0.000000290. The van der Waals surface area contributed by atoms with Crippen LogP contribution in [0.15, 0.2) is 5.29 Å². The molecule has 0 radical (unpaired) electrons. The first kappa shape index (κ1) is 20.8. The van der Waals surface area contributed by atoms with E-state index in [2.05, 4.69) is 16.5 Å². The van der Waals surface area contributed by atoms with Crippen molar-refractivity contribution in [3.8, 4) is 6.19 Å². The van der Waals surface area contributed by atoms with Gasteiger partial charge in [-0.2, -0.15) is 5.26 Å². The Kier molecular flexibility index (Phi) is 8.84. The van der Waals surface area contributed by atoms with Crippen molar-refractivity contribution in [2.45, 2.75) is 46.6 Å². The second-order valence-corrected chi connectivity index (χ2v) is 6.52. The molecule has 3 heterocycles. The Hall–Kier alpha value is -2.21. The van der Waals surface area contributed by atoms with Crippen LogP contribution in [0.4, 0.5) is 5.13 Å². The Bertz CT molecular complexity index is 606. The SMILES string of the molecule is CC.CC(=O)N1CCc2nc(N(C)N=O)sc2C1.N#CN1CCCC1. The summed E-state index contributed by atoms with van der Waals surface area (Å²) < 4.78 is 0. The zero-order valence-electron chi connectivity index (χ0n) is 15.4. The number of anilines is 1. The van der Waals surface area contributed by atoms with Gasteiger partial charge in [0.05, 0.1) is 17.5 Å². The van der Waals surface area contributed by atoms with Crippen molar-refractivity contribution in [1.29, 1.82) is 5.26 Å². The Morgan fingerprint density at radius 3 is 2.44 bits per heavy atom. The van der Waals surface area contributed by atoms with Gasteiger partial charge in [0.2, 0.25) is 11.0 Å². The molecule has 0 aliphatic carbocycles. The van der Waals surface area contributed by atoms with Crippen LogP contribution in [0, 0.1) is 16.4 Å². The molecule has 2 aliphatic rings. The summed E-state index contributed by atoms with van der Waals surface area (Å²) in [6.07, 6.45) is 5.25. The first-order chi connectivity index (χ1) is 12.0. The standard InChI is InChI=1S/C9H12N4O2S.C5H8N2.C2H6/c1-6(14)13-4-3-7-8(5-13)16-9(10-7)12(2)11-15;6-5-7-3-1-2-4-7;1-2/h3-5H2,1-2H3;1-4H2;1-2H3. The minimum atomic E-state index is 0.0717. The third kappa shape index (κ3) is 5.98. The fraction of sp³-hybridized carbons (Fsp3) is 0.688. The molecule has 1 fully saturated rings. The highest BCUT2D eigenvalue weighted by Gasteiger charge is 2.23. The smallest absolute Gasteiger partial charge is 0.219 e. The van der Waals surface area contributed by atoms with E-state index in [4.69, 9.17) is 5.26 Å². The van der Waals surface area contributed by atoms with Crippen LogP contribution in [0.3, 0.4) is 0 Å². The summed E-state index contributed by atoms with van der Waals surface area (Å²) in [7, 11) is 1.57. The van der Waals surface area contributed by atoms with Crippen molar-refractivity contribution in [2.24, 2.45) is 5.29 Å². The Labute approximate surface area is 153 Å². The lowest BCUT2D eigenvalue weighted by atomic mass is 10.2.